The van der Waals surface area contributed by atoms with Crippen molar-refractivity contribution in [2.75, 3.05) is 19.6 Å². The van der Waals surface area contributed by atoms with Crippen LogP contribution in [0.3, 0.4) is 0 Å². The molecule has 2 aliphatic heterocycles. The van der Waals surface area contributed by atoms with Crippen LogP contribution in [0.2, 0.25) is 0 Å². The minimum atomic E-state index is -0.0838. The number of imide groups is 1. The summed E-state index contributed by atoms with van der Waals surface area (Å²) in [6.45, 7) is 2.48. The molecular weight excluding hydrogens is 240 g/mol. The Morgan fingerprint density at radius 2 is 1.84 bits per heavy atom. The van der Waals surface area contributed by atoms with Crippen molar-refractivity contribution in [3.8, 4) is 0 Å². The molecule has 4 nitrogen and oxygen atoms in total. The molecule has 0 unspecified atom stereocenters. The van der Waals surface area contributed by atoms with Crippen LogP contribution in [0.15, 0.2) is 23.8 Å². The Balaban J connectivity index is 1.63. The molecule has 0 aromatic rings. The normalized spacial score (nSPS) is 30.5. The number of hydrogen-bond donors (Lipinski definition) is 1. The summed E-state index contributed by atoms with van der Waals surface area (Å²) in [6, 6.07) is 0. The molecule has 2 atom stereocenters. The minimum absolute atomic E-state index is 0.0499. The predicted octanol–water partition coefficient (Wildman–Crippen LogP) is 1.25. The van der Waals surface area contributed by atoms with E-state index in [2.05, 4.69) is 11.4 Å². The highest BCUT2D eigenvalue weighted by Gasteiger charge is 2.46. The van der Waals surface area contributed by atoms with Crippen LogP contribution in [0, 0.1) is 11.8 Å². The molecule has 0 saturated carbocycles. The third-order valence-corrected chi connectivity index (χ3v) is 4.41. The number of allylic oxidation sites excluding steroid dienone is 2. The van der Waals surface area contributed by atoms with Crippen LogP contribution in [-0.4, -0.2) is 36.3 Å². The summed E-state index contributed by atoms with van der Waals surface area (Å²) in [5, 5.41) is 3.27. The van der Waals surface area contributed by atoms with E-state index in [4.69, 9.17) is 0 Å². The lowest BCUT2D eigenvalue weighted by Gasteiger charge is -2.18. The van der Waals surface area contributed by atoms with Crippen molar-refractivity contribution in [2.24, 2.45) is 11.8 Å². The fourth-order valence-electron chi connectivity index (χ4n) is 3.24. The number of rotatable bonds is 3. The second-order valence-corrected chi connectivity index (χ2v) is 5.55. The highest BCUT2D eigenvalue weighted by Crippen LogP contribution is 2.35. The highest BCUT2D eigenvalue weighted by molar-refractivity contribution is 6.05. The van der Waals surface area contributed by atoms with Crippen LogP contribution >= 0.6 is 0 Å². The molecule has 1 aliphatic carbocycles. The van der Waals surface area contributed by atoms with E-state index in [-0.39, 0.29) is 23.7 Å². The number of nitrogens with one attached hydrogen (secondary N) is 1. The highest BCUT2D eigenvalue weighted by atomic mass is 16.2. The van der Waals surface area contributed by atoms with Crippen molar-refractivity contribution >= 4 is 11.8 Å². The second-order valence-electron chi connectivity index (χ2n) is 5.55. The van der Waals surface area contributed by atoms with Crippen molar-refractivity contribution in [2.45, 2.75) is 25.7 Å². The van der Waals surface area contributed by atoms with Crippen LogP contribution in [0.1, 0.15) is 25.7 Å². The Kier molecular flexibility index (Phi) is 3.51. The van der Waals surface area contributed by atoms with Crippen LogP contribution in [0.4, 0.5) is 0 Å². The molecular formula is C15H20N2O2. The van der Waals surface area contributed by atoms with E-state index in [1.54, 1.807) is 0 Å². The second kappa shape index (κ2) is 5.29. The number of fused-ring (bicyclic) bond motifs is 1. The lowest BCUT2D eigenvalue weighted by atomic mass is 9.85. The van der Waals surface area contributed by atoms with E-state index >= 15 is 0 Å². The molecule has 2 heterocycles. The SMILES string of the molecule is O=C1[C@H]2CC=CC[C@H]2C(=O)N1CCC1=CCNCC1. The molecule has 1 fully saturated rings. The van der Waals surface area contributed by atoms with Crippen LogP contribution < -0.4 is 5.32 Å². The molecule has 1 saturated heterocycles. The maximum Gasteiger partial charge on any atom is 0.233 e. The van der Waals surface area contributed by atoms with Gasteiger partial charge >= 0.3 is 0 Å². The molecule has 4 heteroatoms. The van der Waals surface area contributed by atoms with Gasteiger partial charge in [-0.15, -0.1) is 0 Å². The number of nitrogens with zero attached hydrogens (tertiary/aromatic N) is 1. The third kappa shape index (κ3) is 2.37. The minimum Gasteiger partial charge on any atom is -0.313 e. The van der Waals surface area contributed by atoms with Gasteiger partial charge in [-0.3, -0.25) is 14.5 Å². The Morgan fingerprint density at radius 1 is 1.16 bits per heavy atom. The van der Waals surface area contributed by atoms with Gasteiger partial charge in [0.1, 0.15) is 0 Å². The standard InChI is InChI=1S/C15H20N2O2/c18-14-12-3-1-2-4-13(12)15(19)17(14)10-7-11-5-8-16-9-6-11/h1-2,5,12-13,16H,3-4,6-10H2/t12-,13+. The Hall–Kier alpha value is -1.42. The molecule has 0 spiro atoms. The summed E-state index contributed by atoms with van der Waals surface area (Å²) < 4.78 is 0. The number of carbonyl (C=O) groups excluding carboxylic acids is 2. The number of likely N-dealkylation sites (tertiary alicyclic amines) is 1. The van der Waals surface area contributed by atoms with Crippen molar-refractivity contribution in [1.29, 1.82) is 0 Å². The zero-order valence-corrected chi connectivity index (χ0v) is 11.1. The molecule has 0 aromatic heterocycles. The van der Waals surface area contributed by atoms with Gasteiger partial charge in [-0.25, -0.2) is 0 Å². The maximum absolute atomic E-state index is 12.3. The lowest BCUT2D eigenvalue weighted by Crippen LogP contribution is -2.32. The van der Waals surface area contributed by atoms with Gasteiger partial charge in [-0.05, 0) is 32.2 Å². The largest absolute Gasteiger partial charge is 0.313 e. The average molecular weight is 260 g/mol. The maximum atomic E-state index is 12.3. The predicted molar refractivity (Wildman–Crippen MR) is 72.3 cm³/mol. The topological polar surface area (TPSA) is 49.4 Å². The Labute approximate surface area is 113 Å². The first kappa shape index (κ1) is 12.6. The molecule has 102 valence electrons. The number of hydrogen-bond acceptors (Lipinski definition) is 3. The van der Waals surface area contributed by atoms with E-state index in [1.165, 1.54) is 10.5 Å². The van der Waals surface area contributed by atoms with Crippen molar-refractivity contribution < 1.29 is 9.59 Å². The average Bonchev–Trinajstić information content (AvgIpc) is 2.71. The van der Waals surface area contributed by atoms with Crippen molar-refractivity contribution in [3.63, 3.8) is 0 Å². The van der Waals surface area contributed by atoms with E-state index in [0.717, 1.165) is 38.8 Å². The molecule has 0 aromatic carbocycles. The van der Waals surface area contributed by atoms with Crippen LogP contribution in [0.25, 0.3) is 0 Å². The van der Waals surface area contributed by atoms with Crippen molar-refractivity contribution in [3.05, 3.63) is 23.8 Å². The van der Waals surface area contributed by atoms with Crippen LogP contribution in [-0.2, 0) is 9.59 Å². The summed E-state index contributed by atoms with van der Waals surface area (Å²) >= 11 is 0. The summed E-state index contributed by atoms with van der Waals surface area (Å²) in [6.07, 6.45) is 9.59. The van der Waals surface area contributed by atoms with E-state index in [9.17, 15) is 9.59 Å². The van der Waals surface area contributed by atoms with Gasteiger partial charge in [0.05, 0.1) is 11.8 Å². The summed E-state index contributed by atoms with van der Waals surface area (Å²) in [7, 11) is 0. The number of carbonyl (C=O) groups is 2. The Bertz CT molecular complexity index is 427. The molecule has 3 rings (SSSR count). The summed E-state index contributed by atoms with van der Waals surface area (Å²) in [4.78, 5) is 26.0. The van der Waals surface area contributed by atoms with E-state index in [1.807, 2.05) is 12.2 Å². The fourth-order valence-corrected chi connectivity index (χ4v) is 3.24. The van der Waals surface area contributed by atoms with Crippen LogP contribution in [0.5, 0.6) is 0 Å². The Morgan fingerprint density at radius 3 is 2.42 bits per heavy atom. The zero-order valence-electron chi connectivity index (χ0n) is 11.1. The molecule has 0 radical (unpaired) electrons. The first-order chi connectivity index (χ1) is 9.27. The lowest BCUT2D eigenvalue weighted by molar-refractivity contribution is -0.139. The first-order valence-corrected chi connectivity index (χ1v) is 7.16. The van der Waals surface area contributed by atoms with Gasteiger partial charge < -0.3 is 5.32 Å². The van der Waals surface area contributed by atoms with Gasteiger partial charge in [0.2, 0.25) is 11.8 Å². The quantitative estimate of drug-likeness (QED) is 0.613. The zero-order chi connectivity index (χ0) is 13.2. The monoisotopic (exact) mass is 260 g/mol. The number of amides is 2. The molecule has 0 bridgehead atoms. The molecule has 19 heavy (non-hydrogen) atoms. The van der Waals surface area contributed by atoms with Gasteiger partial charge in [-0.1, -0.05) is 23.8 Å². The van der Waals surface area contributed by atoms with Crippen molar-refractivity contribution in [1.82, 2.24) is 10.2 Å². The molecule has 1 N–H and O–H groups in total. The van der Waals surface area contributed by atoms with Gasteiger partial charge in [0.25, 0.3) is 0 Å². The van der Waals surface area contributed by atoms with Gasteiger partial charge in [0.15, 0.2) is 0 Å². The van der Waals surface area contributed by atoms with E-state index in [0.29, 0.717) is 6.54 Å². The van der Waals surface area contributed by atoms with Gasteiger partial charge in [-0.2, -0.15) is 0 Å². The summed E-state index contributed by atoms with van der Waals surface area (Å²) in [5.74, 6) is -0.0678. The fraction of sp³-hybridized carbons (Fsp3) is 0.600. The first-order valence-electron chi connectivity index (χ1n) is 7.16. The van der Waals surface area contributed by atoms with Gasteiger partial charge in [0, 0.05) is 13.1 Å². The molecule has 3 aliphatic rings. The van der Waals surface area contributed by atoms with E-state index < -0.39 is 0 Å². The molecule has 2 amide bonds. The third-order valence-electron chi connectivity index (χ3n) is 4.41. The summed E-state index contributed by atoms with van der Waals surface area (Å²) in [5.41, 5.74) is 1.37. The smallest absolute Gasteiger partial charge is 0.233 e.